The molecule has 1 atom stereocenters. The predicted octanol–water partition coefficient (Wildman–Crippen LogP) is 1.11. The molecule has 2 rings (SSSR count). The summed E-state index contributed by atoms with van der Waals surface area (Å²) >= 11 is 0. The minimum Gasteiger partial charge on any atom is -0.292 e. The first-order chi connectivity index (χ1) is 10.5. The lowest BCUT2D eigenvalue weighted by Gasteiger charge is -2.16. The van der Waals surface area contributed by atoms with Gasteiger partial charge in [-0.2, -0.15) is 0 Å². The molecule has 2 heterocycles. The van der Waals surface area contributed by atoms with E-state index in [2.05, 4.69) is 9.98 Å². The van der Waals surface area contributed by atoms with Crippen molar-refractivity contribution in [1.82, 2.24) is 9.71 Å². The van der Waals surface area contributed by atoms with E-state index in [1.807, 2.05) is 23.1 Å². The van der Waals surface area contributed by atoms with Gasteiger partial charge in [0.25, 0.3) is 5.91 Å². The van der Waals surface area contributed by atoms with E-state index in [1.54, 1.807) is 12.3 Å². The molecule has 1 unspecified atom stereocenters. The first-order valence-corrected chi connectivity index (χ1v) is 8.81. The number of nitrogens with one attached hydrogen (secondary N) is 1. The van der Waals surface area contributed by atoms with Crippen molar-refractivity contribution in [3.8, 4) is 0 Å². The molecule has 0 fully saturated rings. The fourth-order valence-electron chi connectivity index (χ4n) is 2.12. The lowest BCUT2D eigenvalue weighted by molar-refractivity contribution is -0.115. The topological polar surface area (TPSA) is 88.5 Å². The van der Waals surface area contributed by atoms with Crippen molar-refractivity contribution in [2.45, 2.75) is 19.8 Å². The van der Waals surface area contributed by atoms with Crippen LogP contribution in [0, 0.1) is 5.92 Å². The first kappa shape index (κ1) is 16.4. The molecule has 1 aromatic rings. The second-order valence-electron chi connectivity index (χ2n) is 5.11. The number of sulfonamides is 1. The second kappa shape index (κ2) is 7.31. The molecule has 0 saturated carbocycles. The van der Waals surface area contributed by atoms with Crippen LogP contribution in [0.25, 0.3) is 0 Å². The third kappa shape index (κ3) is 4.77. The number of rotatable bonds is 6. The maximum atomic E-state index is 11.9. The molecule has 1 aliphatic heterocycles. The van der Waals surface area contributed by atoms with Gasteiger partial charge in [0.1, 0.15) is 0 Å². The molecular formula is C15H19N3O3S. The van der Waals surface area contributed by atoms with Crippen LogP contribution in [0.15, 0.2) is 41.2 Å². The van der Waals surface area contributed by atoms with Crippen molar-refractivity contribution in [1.29, 1.82) is 0 Å². The fraction of sp³-hybridized carbons (Fsp3) is 0.400. The maximum absolute atomic E-state index is 11.9. The third-order valence-electron chi connectivity index (χ3n) is 3.40. The Hall–Kier alpha value is -2.02. The molecule has 6 nitrogen and oxygen atoms in total. The SMILES string of the molecule is CCS(=O)(=O)NC(=O)C1=CC(CCc2cccnc2)CN=C1. The number of aromatic nitrogens is 1. The average molecular weight is 321 g/mol. The van der Waals surface area contributed by atoms with Gasteiger partial charge in [-0.1, -0.05) is 12.1 Å². The van der Waals surface area contributed by atoms with Gasteiger partial charge in [0.15, 0.2) is 0 Å². The van der Waals surface area contributed by atoms with Gasteiger partial charge in [-0.05, 0) is 37.3 Å². The first-order valence-electron chi connectivity index (χ1n) is 7.15. The van der Waals surface area contributed by atoms with Crippen LogP contribution in [0.3, 0.4) is 0 Å². The third-order valence-corrected chi connectivity index (χ3v) is 4.66. The Balaban J connectivity index is 1.97. The van der Waals surface area contributed by atoms with E-state index in [4.69, 9.17) is 0 Å². The van der Waals surface area contributed by atoms with Crippen molar-refractivity contribution >= 4 is 22.1 Å². The standard InChI is InChI=1S/C15H19N3O3S/c1-2-22(20,21)18-15(19)14-8-13(10-17-11-14)6-5-12-4-3-7-16-9-12/h3-4,7-9,11,13H,2,5-6,10H2,1H3,(H,18,19). The van der Waals surface area contributed by atoms with Gasteiger partial charge in [-0.25, -0.2) is 13.1 Å². The Morgan fingerprint density at radius 2 is 2.27 bits per heavy atom. The van der Waals surface area contributed by atoms with Crippen LogP contribution in [-0.2, 0) is 21.2 Å². The molecule has 22 heavy (non-hydrogen) atoms. The monoisotopic (exact) mass is 321 g/mol. The molecule has 1 aromatic heterocycles. The Morgan fingerprint density at radius 3 is 2.95 bits per heavy atom. The van der Waals surface area contributed by atoms with E-state index in [1.165, 1.54) is 13.1 Å². The van der Waals surface area contributed by atoms with Crippen LogP contribution < -0.4 is 4.72 Å². The van der Waals surface area contributed by atoms with Gasteiger partial charge in [0, 0.05) is 25.2 Å². The molecule has 0 aliphatic carbocycles. The van der Waals surface area contributed by atoms with Crippen LogP contribution in [0.4, 0.5) is 0 Å². The number of pyridine rings is 1. The number of amides is 1. The summed E-state index contributed by atoms with van der Waals surface area (Å²) in [5.41, 5.74) is 1.43. The minimum absolute atomic E-state index is 0.121. The summed E-state index contributed by atoms with van der Waals surface area (Å²) < 4.78 is 24.9. The maximum Gasteiger partial charge on any atom is 0.265 e. The summed E-state index contributed by atoms with van der Waals surface area (Å²) in [6.07, 6.45) is 8.44. The van der Waals surface area contributed by atoms with Crippen LogP contribution in [0.5, 0.6) is 0 Å². The van der Waals surface area contributed by atoms with Crippen molar-refractivity contribution in [3.05, 3.63) is 41.7 Å². The van der Waals surface area contributed by atoms with Gasteiger partial charge >= 0.3 is 0 Å². The number of hydrogen-bond donors (Lipinski definition) is 1. The predicted molar refractivity (Wildman–Crippen MR) is 85.1 cm³/mol. The largest absolute Gasteiger partial charge is 0.292 e. The molecule has 0 bridgehead atoms. The zero-order chi connectivity index (χ0) is 16.0. The average Bonchev–Trinajstić information content (AvgIpc) is 2.54. The molecule has 0 saturated heterocycles. The van der Waals surface area contributed by atoms with Gasteiger partial charge in [0.2, 0.25) is 10.0 Å². The quantitative estimate of drug-likeness (QED) is 0.850. The van der Waals surface area contributed by atoms with Crippen molar-refractivity contribution in [3.63, 3.8) is 0 Å². The highest BCUT2D eigenvalue weighted by Crippen LogP contribution is 2.16. The number of aliphatic imine (C=N–C) groups is 1. The van der Waals surface area contributed by atoms with Gasteiger partial charge in [0.05, 0.1) is 11.3 Å². The Labute approximate surface area is 130 Å². The smallest absolute Gasteiger partial charge is 0.265 e. The summed E-state index contributed by atoms with van der Waals surface area (Å²) in [5.74, 6) is -0.625. The summed E-state index contributed by atoms with van der Waals surface area (Å²) in [7, 11) is -3.55. The molecule has 0 radical (unpaired) electrons. The molecule has 1 aliphatic rings. The van der Waals surface area contributed by atoms with Crippen molar-refractivity contribution in [2.75, 3.05) is 12.3 Å². The number of carbonyl (C=O) groups excluding carboxylic acids is 1. The van der Waals surface area contributed by atoms with Crippen molar-refractivity contribution < 1.29 is 13.2 Å². The number of nitrogens with zero attached hydrogens (tertiary/aromatic N) is 2. The molecule has 1 amide bonds. The normalized spacial score (nSPS) is 17.9. The lowest BCUT2D eigenvalue weighted by Crippen LogP contribution is -2.34. The van der Waals surface area contributed by atoms with Gasteiger partial charge in [-0.15, -0.1) is 0 Å². The van der Waals surface area contributed by atoms with E-state index < -0.39 is 15.9 Å². The highest BCUT2D eigenvalue weighted by molar-refractivity contribution is 7.90. The Kier molecular flexibility index (Phi) is 5.43. The van der Waals surface area contributed by atoms with Crippen LogP contribution in [-0.4, -0.2) is 37.8 Å². The fourth-order valence-corrected chi connectivity index (χ4v) is 2.66. The second-order valence-corrected chi connectivity index (χ2v) is 7.12. The van der Waals surface area contributed by atoms with E-state index in [9.17, 15) is 13.2 Å². The van der Waals surface area contributed by atoms with E-state index in [-0.39, 0.29) is 11.7 Å². The number of dihydropyridines is 1. The molecular weight excluding hydrogens is 302 g/mol. The van der Waals surface area contributed by atoms with Crippen LogP contribution in [0.2, 0.25) is 0 Å². The molecule has 0 spiro atoms. The van der Waals surface area contributed by atoms with E-state index in [0.717, 1.165) is 18.4 Å². The van der Waals surface area contributed by atoms with Crippen molar-refractivity contribution in [2.24, 2.45) is 10.9 Å². The Morgan fingerprint density at radius 1 is 1.45 bits per heavy atom. The highest BCUT2D eigenvalue weighted by atomic mass is 32.2. The van der Waals surface area contributed by atoms with Gasteiger partial charge in [-0.3, -0.25) is 14.8 Å². The van der Waals surface area contributed by atoms with Gasteiger partial charge < -0.3 is 0 Å². The van der Waals surface area contributed by atoms with E-state index >= 15 is 0 Å². The highest BCUT2D eigenvalue weighted by Gasteiger charge is 2.19. The zero-order valence-electron chi connectivity index (χ0n) is 12.4. The summed E-state index contributed by atoms with van der Waals surface area (Å²) in [4.78, 5) is 20.2. The number of hydrogen-bond acceptors (Lipinski definition) is 5. The van der Waals surface area contributed by atoms with E-state index in [0.29, 0.717) is 12.1 Å². The Bertz CT molecular complexity index is 681. The van der Waals surface area contributed by atoms with Crippen LogP contribution >= 0.6 is 0 Å². The van der Waals surface area contributed by atoms with Crippen LogP contribution in [0.1, 0.15) is 18.9 Å². The zero-order valence-corrected chi connectivity index (χ0v) is 13.2. The molecule has 118 valence electrons. The molecule has 1 N–H and O–H groups in total. The molecule has 7 heteroatoms. The lowest BCUT2D eigenvalue weighted by atomic mass is 9.96. The minimum atomic E-state index is -3.55. The summed E-state index contributed by atoms with van der Waals surface area (Å²) in [6.45, 7) is 2.09. The number of carbonyl (C=O) groups is 1. The summed E-state index contributed by atoms with van der Waals surface area (Å²) in [5, 5.41) is 0. The molecule has 0 aromatic carbocycles. The number of aryl methyl sites for hydroxylation is 1. The summed E-state index contributed by atoms with van der Waals surface area (Å²) in [6, 6.07) is 3.89.